The third kappa shape index (κ3) is 7.00. The summed E-state index contributed by atoms with van der Waals surface area (Å²) in [6, 6.07) is 15.3. The molecule has 25 heavy (non-hydrogen) atoms. The van der Waals surface area contributed by atoms with Gasteiger partial charge in [-0.1, -0.05) is 30.0 Å². The maximum atomic E-state index is 11.5. The van der Waals surface area contributed by atoms with Crippen LogP contribution in [0.15, 0.2) is 75.9 Å². The second kappa shape index (κ2) is 9.26. The molecule has 0 amide bonds. The lowest BCUT2D eigenvalue weighted by molar-refractivity contribution is -0.138. The molecule has 0 bridgehead atoms. The average molecular weight is 379 g/mol. The highest BCUT2D eigenvalue weighted by atomic mass is 32.2. The van der Waals surface area contributed by atoms with E-state index in [1.807, 2.05) is 30.3 Å². The number of primary sulfonamides is 1. The van der Waals surface area contributed by atoms with E-state index in [0.717, 1.165) is 4.90 Å². The van der Waals surface area contributed by atoms with Gasteiger partial charge in [-0.25, -0.2) is 18.4 Å². The Morgan fingerprint density at radius 3 is 2.36 bits per heavy atom. The van der Waals surface area contributed by atoms with Gasteiger partial charge >= 0.3 is 5.97 Å². The Morgan fingerprint density at radius 2 is 1.72 bits per heavy atom. The third-order valence-electron chi connectivity index (χ3n) is 2.90. The Labute approximate surface area is 150 Å². The van der Waals surface area contributed by atoms with Crippen molar-refractivity contribution in [1.29, 1.82) is 0 Å². The Kier molecular flexibility index (Phi) is 7.05. The summed E-state index contributed by atoms with van der Waals surface area (Å²) in [5.74, 6) is -0.00442. The highest BCUT2D eigenvalue weighted by Crippen LogP contribution is 2.18. The molecule has 0 heterocycles. The van der Waals surface area contributed by atoms with Gasteiger partial charge in [0.05, 0.1) is 4.90 Å². The van der Waals surface area contributed by atoms with Crippen molar-refractivity contribution < 1.29 is 22.7 Å². The molecule has 0 aliphatic heterocycles. The summed E-state index contributed by atoms with van der Waals surface area (Å²) < 4.78 is 32.6. The van der Waals surface area contributed by atoms with Crippen molar-refractivity contribution in [2.75, 3.05) is 13.2 Å². The van der Waals surface area contributed by atoms with Crippen molar-refractivity contribution >= 4 is 27.8 Å². The van der Waals surface area contributed by atoms with Gasteiger partial charge in [0.1, 0.15) is 19.0 Å². The Hall–Kier alpha value is -2.29. The Bertz CT molecular complexity index is 818. The number of benzene rings is 2. The summed E-state index contributed by atoms with van der Waals surface area (Å²) in [6.07, 6.45) is 1.35. The van der Waals surface area contributed by atoms with Gasteiger partial charge in [-0.2, -0.15) is 0 Å². The van der Waals surface area contributed by atoms with E-state index in [1.54, 1.807) is 5.41 Å². The first kappa shape index (κ1) is 19.0. The first-order chi connectivity index (χ1) is 11.9. The molecule has 132 valence electrons. The molecule has 8 heteroatoms. The fourth-order valence-corrected chi connectivity index (χ4v) is 2.91. The summed E-state index contributed by atoms with van der Waals surface area (Å²) in [5.41, 5.74) is 0. The molecule has 0 fully saturated rings. The summed E-state index contributed by atoms with van der Waals surface area (Å²) >= 11 is 1.42. The Balaban J connectivity index is 1.67. The molecular formula is C17H17NO5S2. The van der Waals surface area contributed by atoms with Crippen molar-refractivity contribution in [3.63, 3.8) is 0 Å². The van der Waals surface area contributed by atoms with Crippen LogP contribution in [0.4, 0.5) is 0 Å². The minimum atomic E-state index is -3.72. The van der Waals surface area contributed by atoms with Crippen molar-refractivity contribution in [2.45, 2.75) is 9.79 Å². The van der Waals surface area contributed by atoms with Crippen LogP contribution in [0.1, 0.15) is 0 Å². The topological polar surface area (TPSA) is 95.7 Å². The molecule has 2 aromatic carbocycles. The standard InChI is InChI=1S/C17H17NO5S2/c18-25(20,21)16-8-6-14(7-9-16)22-11-12-23-17(19)10-13-24-15-4-2-1-3-5-15/h1-10,13H,11-12H2,(H2,18,20,21)/b13-10+. The van der Waals surface area contributed by atoms with Gasteiger partial charge in [0.2, 0.25) is 10.0 Å². The molecular weight excluding hydrogens is 362 g/mol. The molecule has 0 aliphatic rings. The molecule has 0 atom stereocenters. The van der Waals surface area contributed by atoms with Crippen LogP contribution in [0, 0.1) is 0 Å². The minimum Gasteiger partial charge on any atom is -0.490 e. The van der Waals surface area contributed by atoms with Crippen molar-refractivity contribution in [1.82, 2.24) is 0 Å². The second-order valence-electron chi connectivity index (χ2n) is 4.77. The summed E-state index contributed by atoms with van der Waals surface area (Å²) in [4.78, 5) is 12.6. The van der Waals surface area contributed by atoms with E-state index in [-0.39, 0.29) is 18.1 Å². The largest absolute Gasteiger partial charge is 0.490 e. The SMILES string of the molecule is NS(=O)(=O)c1ccc(OCCOC(=O)/C=C/Sc2ccccc2)cc1. The van der Waals surface area contributed by atoms with E-state index >= 15 is 0 Å². The third-order valence-corrected chi connectivity index (χ3v) is 4.65. The highest BCUT2D eigenvalue weighted by Gasteiger charge is 2.07. The zero-order valence-electron chi connectivity index (χ0n) is 13.2. The van der Waals surface area contributed by atoms with Crippen LogP contribution < -0.4 is 9.88 Å². The molecule has 2 rings (SSSR count). The normalized spacial score (nSPS) is 11.4. The van der Waals surface area contributed by atoms with Gasteiger partial charge < -0.3 is 9.47 Å². The number of thioether (sulfide) groups is 1. The van der Waals surface area contributed by atoms with E-state index in [1.165, 1.54) is 42.1 Å². The monoisotopic (exact) mass is 379 g/mol. The lowest BCUT2D eigenvalue weighted by Crippen LogP contribution is -2.12. The maximum absolute atomic E-state index is 11.5. The van der Waals surface area contributed by atoms with Crippen LogP contribution in [-0.2, 0) is 19.6 Å². The highest BCUT2D eigenvalue weighted by molar-refractivity contribution is 8.02. The molecule has 6 nitrogen and oxygen atoms in total. The first-order valence-corrected chi connectivity index (χ1v) is 9.68. The van der Waals surface area contributed by atoms with E-state index in [0.29, 0.717) is 5.75 Å². The zero-order chi connectivity index (χ0) is 18.1. The van der Waals surface area contributed by atoms with Gasteiger partial charge in [0.15, 0.2) is 0 Å². The van der Waals surface area contributed by atoms with Crippen molar-refractivity contribution in [3.8, 4) is 5.75 Å². The number of nitrogens with two attached hydrogens (primary N) is 1. The van der Waals surface area contributed by atoms with Gasteiger partial charge in [-0.3, -0.25) is 0 Å². The van der Waals surface area contributed by atoms with E-state index in [9.17, 15) is 13.2 Å². The van der Waals surface area contributed by atoms with Crippen LogP contribution in [0.25, 0.3) is 0 Å². The minimum absolute atomic E-state index is 0.00679. The predicted molar refractivity (Wildman–Crippen MR) is 95.7 cm³/mol. The molecule has 0 unspecified atom stereocenters. The molecule has 0 spiro atoms. The predicted octanol–water partition coefficient (Wildman–Crippen LogP) is 2.56. The number of hydrogen-bond donors (Lipinski definition) is 1. The van der Waals surface area contributed by atoms with E-state index in [4.69, 9.17) is 14.6 Å². The molecule has 2 aromatic rings. The number of ether oxygens (including phenoxy) is 2. The van der Waals surface area contributed by atoms with Gasteiger partial charge in [0.25, 0.3) is 0 Å². The smallest absolute Gasteiger partial charge is 0.331 e. The number of rotatable bonds is 8. The second-order valence-corrected chi connectivity index (χ2v) is 7.31. The summed E-state index contributed by atoms with van der Waals surface area (Å²) in [7, 11) is -3.72. The molecule has 0 saturated carbocycles. The molecule has 0 aliphatic carbocycles. The number of hydrogen-bond acceptors (Lipinski definition) is 6. The number of sulfonamides is 1. The molecule has 0 saturated heterocycles. The molecule has 2 N–H and O–H groups in total. The number of carbonyl (C=O) groups is 1. The van der Waals surface area contributed by atoms with Crippen LogP contribution in [0.5, 0.6) is 5.75 Å². The summed E-state index contributed by atoms with van der Waals surface area (Å²) in [6.45, 7) is 0.232. The number of carbonyl (C=O) groups excluding carboxylic acids is 1. The maximum Gasteiger partial charge on any atom is 0.331 e. The van der Waals surface area contributed by atoms with Crippen molar-refractivity contribution in [3.05, 3.63) is 66.1 Å². The summed E-state index contributed by atoms with van der Waals surface area (Å²) in [5, 5.41) is 6.66. The average Bonchev–Trinajstić information content (AvgIpc) is 2.59. The van der Waals surface area contributed by atoms with Crippen LogP contribution >= 0.6 is 11.8 Å². The van der Waals surface area contributed by atoms with Crippen LogP contribution in [-0.4, -0.2) is 27.6 Å². The zero-order valence-corrected chi connectivity index (χ0v) is 14.8. The van der Waals surface area contributed by atoms with Crippen molar-refractivity contribution in [2.24, 2.45) is 5.14 Å². The fraction of sp³-hybridized carbons (Fsp3) is 0.118. The van der Waals surface area contributed by atoms with Gasteiger partial charge in [-0.15, -0.1) is 0 Å². The van der Waals surface area contributed by atoms with Crippen LogP contribution in [0.3, 0.4) is 0 Å². The van der Waals surface area contributed by atoms with Crippen LogP contribution in [0.2, 0.25) is 0 Å². The fourth-order valence-electron chi connectivity index (χ4n) is 1.74. The quantitative estimate of drug-likeness (QED) is 0.328. The first-order valence-electron chi connectivity index (χ1n) is 7.26. The lowest BCUT2D eigenvalue weighted by Gasteiger charge is -2.06. The lowest BCUT2D eigenvalue weighted by atomic mass is 10.3. The van der Waals surface area contributed by atoms with Gasteiger partial charge in [-0.05, 0) is 41.8 Å². The molecule has 0 radical (unpaired) electrons. The van der Waals surface area contributed by atoms with E-state index in [2.05, 4.69) is 0 Å². The van der Waals surface area contributed by atoms with Gasteiger partial charge in [0, 0.05) is 11.0 Å². The Morgan fingerprint density at radius 1 is 1.04 bits per heavy atom. The molecule has 0 aromatic heterocycles. The number of esters is 1. The van der Waals surface area contributed by atoms with E-state index < -0.39 is 16.0 Å².